The third kappa shape index (κ3) is 4.24. The summed E-state index contributed by atoms with van der Waals surface area (Å²) >= 11 is 0. The Morgan fingerprint density at radius 3 is 2.50 bits per heavy atom. The van der Waals surface area contributed by atoms with E-state index in [1.54, 1.807) is 0 Å². The van der Waals surface area contributed by atoms with Crippen molar-refractivity contribution in [3.8, 4) is 0 Å². The normalized spacial score (nSPS) is 31.0. The molecule has 0 spiro atoms. The van der Waals surface area contributed by atoms with Gasteiger partial charge in [-0.3, -0.25) is 0 Å². The first-order valence-corrected chi connectivity index (χ1v) is 8.30. The summed E-state index contributed by atoms with van der Waals surface area (Å²) in [7, 11) is 0. The second-order valence-corrected chi connectivity index (χ2v) is 6.44. The Kier molecular flexibility index (Phi) is 5.97. The van der Waals surface area contributed by atoms with Gasteiger partial charge >= 0.3 is 0 Å². The Hall–Kier alpha value is -0.0800. The molecular formula is C16H32N2. The van der Waals surface area contributed by atoms with Crippen molar-refractivity contribution >= 4 is 0 Å². The number of likely N-dealkylation sites (tertiary alicyclic amines) is 1. The highest BCUT2D eigenvalue weighted by Gasteiger charge is 2.28. The highest BCUT2D eigenvalue weighted by atomic mass is 15.2. The zero-order valence-corrected chi connectivity index (χ0v) is 12.5. The summed E-state index contributed by atoms with van der Waals surface area (Å²) in [5.41, 5.74) is 0. The van der Waals surface area contributed by atoms with Crippen molar-refractivity contribution in [1.29, 1.82) is 0 Å². The average molecular weight is 252 g/mol. The first kappa shape index (κ1) is 14.3. The minimum atomic E-state index is 0.767. The van der Waals surface area contributed by atoms with Crippen LogP contribution in [-0.2, 0) is 0 Å². The van der Waals surface area contributed by atoms with Crippen molar-refractivity contribution in [3.05, 3.63) is 0 Å². The van der Waals surface area contributed by atoms with Crippen LogP contribution < -0.4 is 5.32 Å². The van der Waals surface area contributed by atoms with Gasteiger partial charge in [-0.2, -0.15) is 0 Å². The summed E-state index contributed by atoms with van der Waals surface area (Å²) in [6.07, 6.45) is 11.4. The van der Waals surface area contributed by atoms with E-state index in [2.05, 4.69) is 24.1 Å². The second-order valence-electron chi connectivity index (χ2n) is 6.44. The summed E-state index contributed by atoms with van der Waals surface area (Å²) in [5, 5.41) is 3.95. The maximum Gasteiger partial charge on any atom is 0.0200 e. The van der Waals surface area contributed by atoms with Crippen LogP contribution in [0.15, 0.2) is 0 Å². The van der Waals surface area contributed by atoms with E-state index in [9.17, 15) is 0 Å². The number of nitrogens with zero attached hydrogens (tertiary/aromatic N) is 1. The van der Waals surface area contributed by atoms with Crippen LogP contribution in [0, 0.1) is 5.92 Å². The fourth-order valence-corrected chi connectivity index (χ4v) is 3.81. The Bertz CT molecular complexity index is 223. The van der Waals surface area contributed by atoms with Gasteiger partial charge in [0.1, 0.15) is 0 Å². The number of hydrogen-bond acceptors (Lipinski definition) is 2. The molecule has 2 atom stereocenters. The molecule has 0 radical (unpaired) electrons. The molecule has 2 unspecified atom stereocenters. The van der Waals surface area contributed by atoms with Crippen LogP contribution in [0.1, 0.15) is 65.2 Å². The fraction of sp³-hybridized carbons (Fsp3) is 1.00. The standard InChI is InChI=1S/C16H32N2/c1-3-5-8-14-11-16(13-18(4-2)12-14)17-15-9-6-7-10-15/h14-17H,3-13H2,1-2H3. The number of piperidine rings is 1. The van der Waals surface area contributed by atoms with Crippen molar-refractivity contribution in [2.75, 3.05) is 19.6 Å². The van der Waals surface area contributed by atoms with E-state index in [1.165, 1.54) is 71.0 Å². The molecule has 106 valence electrons. The van der Waals surface area contributed by atoms with Crippen LogP contribution >= 0.6 is 0 Å². The van der Waals surface area contributed by atoms with E-state index in [0.717, 1.165) is 18.0 Å². The molecule has 0 bridgehead atoms. The van der Waals surface area contributed by atoms with E-state index in [4.69, 9.17) is 0 Å². The maximum absolute atomic E-state index is 3.95. The molecule has 2 rings (SSSR count). The molecule has 2 aliphatic rings. The molecule has 1 saturated heterocycles. The molecule has 0 amide bonds. The average Bonchev–Trinajstić information content (AvgIpc) is 2.89. The molecule has 1 saturated carbocycles. The summed E-state index contributed by atoms with van der Waals surface area (Å²) in [4.78, 5) is 2.66. The predicted molar refractivity (Wildman–Crippen MR) is 78.9 cm³/mol. The van der Waals surface area contributed by atoms with Gasteiger partial charge < -0.3 is 10.2 Å². The van der Waals surface area contributed by atoms with Crippen LogP contribution in [0.5, 0.6) is 0 Å². The van der Waals surface area contributed by atoms with Crippen molar-refractivity contribution in [1.82, 2.24) is 10.2 Å². The molecule has 0 aromatic rings. The molecule has 18 heavy (non-hydrogen) atoms. The van der Waals surface area contributed by atoms with Crippen molar-refractivity contribution in [2.45, 2.75) is 77.3 Å². The van der Waals surface area contributed by atoms with Crippen LogP contribution in [0.4, 0.5) is 0 Å². The molecular weight excluding hydrogens is 220 g/mol. The highest BCUT2D eigenvalue weighted by Crippen LogP contribution is 2.24. The van der Waals surface area contributed by atoms with Crippen LogP contribution in [-0.4, -0.2) is 36.6 Å². The maximum atomic E-state index is 3.95. The lowest BCUT2D eigenvalue weighted by Gasteiger charge is -2.39. The first-order valence-electron chi connectivity index (χ1n) is 8.30. The summed E-state index contributed by atoms with van der Waals surface area (Å²) < 4.78 is 0. The number of nitrogens with one attached hydrogen (secondary N) is 1. The number of likely N-dealkylation sites (N-methyl/N-ethyl adjacent to an activating group) is 1. The van der Waals surface area contributed by atoms with Gasteiger partial charge in [0.2, 0.25) is 0 Å². The minimum absolute atomic E-state index is 0.767. The minimum Gasteiger partial charge on any atom is -0.310 e. The first-order chi connectivity index (χ1) is 8.81. The van der Waals surface area contributed by atoms with Crippen LogP contribution in [0.2, 0.25) is 0 Å². The number of rotatable bonds is 6. The predicted octanol–water partition coefficient (Wildman–Crippen LogP) is 3.42. The summed E-state index contributed by atoms with van der Waals surface area (Å²) in [6, 6.07) is 1.60. The Morgan fingerprint density at radius 1 is 1.06 bits per heavy atom. The molecule has 2 nitrogen and oxygen atoms in total. The molecule has 0 aromatic carbocycles. The largest absolute Gasteiger partial charge is 0.310 e. The second kappa shape index (κ2) is 7.49. The van der Waals surface area contributed by atoms with Gasteiger partial charge in [0.15, 0.2) is 0 Å². The molecule has 1 heterocycles. The quantitative estimate of drug-likeness (QED) is 0.779. The SMILES string of the molecule is CCCCC1CC(NC2CCCC2)CN(CC)C1. The lowest BCUT2D eigenvalue weighted by Crippen LogP contribution is -2.51. The van der Waals surface area contributed by atoms with E-state index in [-0.39, 0.29) is 0 Å². The molecule has 2 heteroatoms. The highest BCUT2D eigenvalue weighted by molar-refractivity contribution is 4.86. The molecule has 1 aliphatic carbocycles. The third-order valence-corrected chi connectivity index (χ3v) is 4.85. The van der Waals surface area contributed by atoms with Gasteiger partial charge in [0.25, 0.3) is 0 Å². The lowest BCUT2D eigenvalue weighted by molar-refractivity contribution is 0.134. The summed E-state index contributed by atoms with van der Waals surface area (Å²) in [5.74, 6) is 0.942. The number of unbranched alkanes of at least 4 members (excludes halogenated alkanes) is 1. The van der Waals surface area contributed by atoms with E-state index in [1.807, 2.05) is 0 Å². The van der Waals surface area contributed by atoms with Gasteiger partial charge in [0.05, 0.1) is 0 Å². The van der Waals surface area contributed by atoms with E-state index >= 15 is 0 Å². The molecule has 1 aliphatic heterocycles. The molecule has 2 fully saturated rings. The molecule has 0 aromatic heterocycles. The van der Waals surface area contributed by atoms with Gasteiger partial charge in [-0.25, -0.2) is 0 Å². The Balaban J connectivity index is 1.80. The smallest absolute Gasteiger partial charge is 0.0200 e. The van der Waals surface area contributed by atoms with Gasteiger partial charge in [-0.15, -0.1) is 0 Å². The summed E-state index contributed by atoms with van der Waals surface area (Å²) in [6.45, 7) is 8.49. The van der Waals surface area contributed by atoms with Crippen molar-refractivity contribution < 1.29 is 0 Å². The van der Waals surface area contributed by atoms with E-state index in [0.29, 0.717) is 0 Å². The van der Waals surface area contributed by atoms with E-state index < -0.39 is 0 Å². The van der Waals surface area contributed by atoms with Crippen molar-refractivity contribution in [3.63, 3.8) is 0 Å². The lowest BCUT2D eigenvalue weighted by atomic mass is 9.89. The Labute approximate surface area is 114 Å². The van der Waals surface area contributed by atoms with Crippen LogP contribution in [0.25, 0.3) is 0 Å². The third-order valence-electron chi connectivity index (χ3n) is 4.85. The van der Waals surface area contributed by atoms with Crippen molar-refractivity contribution in [2.24, 2.45) is 5.92 Å². The number of hydrogen-bond donors (Lipinski definition) is 1. The van der Waals surface area contributed by atoms with Gasteiger partial charge in [-0.05, 0) is 38.1 Å². The van der Waals surface area contributed by atoms with Gasteiger partial charge in [0, 0.05) is 25.2 Å². The topological polar surface area (TPSA) is 15.3 Å². The van der Waals surface area contributed by atoms with Crippen LogP contribution in [0.3, 0.4) is 0 Å². The zero-order chi connectivity index (χ0) is 12.8. The Morgan fingerprint density at radius 2 is 1.83 bits per heavy atom. The molecule has 1 N–H and O–H groups in total. The van der Waals surface area contributed by atoms with Gasteiger partial charge in [-0.1, -0.05) is 39.5 Å². The zero-order valence-electron chi connectivity index (χ0n) is 12.5. The fourth-order valence-electron chi connectivity index (χ4n) is 3.81. The monoisotopic (exact) mass is 252 g/mol.